The molecule has 0 aromatic carbocycles. The van der Waals surface area contributed by atoms with Gasteiger partial charge in [0.25, 0.3) is 0 Å². The molecule has 3 nitrogen and oxygen atoms in total. The Bertz CT molecular complexity index is 282. The zero-order chi connectivity index (χ0) is 10.0. The van der Waals surface area contributed by atoms with Gasteiger partial charge in [-0.15, -0.1) is 0 Å². The van der Waals surface area contributed by atoms with Gasteiger partial charge in [-0.05, 0) is 24.7 Å². The van der Waals surface area contributed by atoms with E-state index in [4.69, 9.17) is 0 Å². The van der Waals surface area contributed by atoms with Crippen molar-refractivity contribution in [1.82, 2.24) is 9.36 Å². The van der Waals surface area contributed by atoms with Crippen molar-refractivity contribution >= 4 is 16.7 Å². The van der Waals surface area contributed by atoms with E-state index in [0.29, 0.717) is 11.5 Å². The van der Waals surface area contributed by atoms with Gasteiger partial charge in [-0.25, -0.2) is 4.98 Å². The first-order valence-corrected chi connectivity index (χ1v) is 5.96. The zero-order valence-electron chi connectivity index (χ0n) is 8.79. The van der Waals surface area contributed by atoms with Gasteiger partial charge in [0.15, 0.2) is 0 Å². The van der Waals surface area contributed by atoms with Crippen LogP contribution in [-0.2, 0) is 0 Å². The number of nitrogens with one attached hydrogen (secondary N) is 1. The highest BCUT2D eigenvalue weighted by Crippen LogP contribution is 2.36. The zero-order valence-corrected chi connectivity index (χ0v) is 9.60. The monoisotopic (exact) mass is 211 g/mol. The number of hydrogen-bond donors (Lipinski definition) is 1. The van der Waals surface area contributed by atoms with Gasteiger partial charge in [-0.1, -0.05) is 20.3 Å². The molecule has 1 atom stereocenters. The summed E-state index contributed by atoms with van der Waals surface area (Å²) < 4.78 is 3.99. The van der Waals surface area contributed by atoms with Crippen molar-refractivity contribution in [2.24, 2.45) is 5.41 Å². The predicted molar refractivity (Wildman–Crippen MR) is 59.6 cm³/mol. The summed E-state index contributed by atoms with van der Waals surface area (Å²) >= 11 is 1.44. The summed E-state index contributed by atoms with van der Waals surface area (Å²) in [6, 6.07) is 0.590. The molecule has 1 saturated carbocycles. The fourth-order valence-electron chi connectivity index (χ4n) is 2.23. The van der Waals surface area contributed by atoms with Crippen molar-refractivity contribution in [3.05, 3.63) is 6.33 Å². The quantitative estimate of drug-likeness (QED) is 0.817. The maximum atomic E-state index is 4.15. The van der Waals surface area contributed by atoms with Crippen molar-refractivity contribution in [3.63, 3.8) is 0 Å². The van der Waals surface area contributed by atoms with E-state index in [2.05, 4.69) is 28.5 Å². The summed E-state index contributed by atoms with van der Waals surface area (Å²) in [4.78, 5) is 4.15. The molecule has 1 N–H and O–H groups in total. The van der Waals surface area contributed by atoms with Crippen molar-refractivity contribution < 1.29 is 0 Å². The van der Waals surface area contributed by atoms with E-state index in [1.165, 1.54) is 37.2 Å². The summed E-state index contributed by atoms with van der Waals surface area (Å²) in [6.45, 7) is 4.70. The van der Waals surface area contributed by atoms with Crippen LogP contribution < -0.4 is 5.32 Å². The number of nitrogens with zero attached hydrogens (tertiary/aromatic N) is 2. The van der Waals surface area contributed by atoms with Gasteiger partial charge in [0.2, 0.25) is 5.13 Å². The summed E-state index contributed by atoms with van der Waals surface area (Å²) in [5.74, 6) is 0. The summed E-state index contributed by atoms with van der Waals surface area (Å²) in [5.41, 5.74) is 0.487. The van der Waals surface area contributed by atoms with Gasteiger partial charge in [0.05, 0.1) is 0 Å². The first-order valence-electron chi connectivity index (χ1n) is 5.19. The average molecular weight is 211 g/mol. The molecule has 0 bridgehead atoms. The number of hydrogen-bond acceptors (Lipinski definition) is 4. The average Bonchev–Trinajstić information content (AvgIpc) is 2.54. The molecule has 0 amide bonds. The standard InChI is InChI=1S/C10H17N3S/c1-10(2)5-3-4-8(6-10)13-9-11-7-12-14-9/h7-8H,3-6H2,1-2H3,(H,11,12,13). The van der Waals surface area contributed by atoms with Crippen LogP contribution in [0.15, 0.2) is 6.33 Å². The molecule has 78 valence electrons. The smallest absolute Gasteiger partial charge is 0.202 e. The second-order valence-corrected chi connectivity index (χ2v) is 5.63. The normalized spacial score (nSPS) is 26.0. The lowest BCUT2D eigenvalue weighted by Gasteiger charge is -2.35. The molecule has 2 rings (SSSR count). The molecule has 1 aliphatic carbocycles. The van der Waals surface area contributed by atoms with Crippen LogP contribution in [0, 0.1) is 5.41 Å². The molecule has 0 radical (unpaired) electrons. The van der Waals surface area contributed by atoms with E-state index >= 15 is 0 Å². The maximum Gasteiger partial charge on any atom is 0.202 e. The van der Waals surface area contributed by atoms with Crippen molar-refractivity contribution in [1.29, 1.82) is 0 Å². The first-order chi connectivity index (χ1) is 6.66. The number of rotatable bonds is 2. The van der Waals surface area contributed by atoms with Crippen LogP contribution in [0.1, 0.15) is 39.5 Å². The highest BCUT2D eigenvalue weighted by molar-refractivity contribution is 7.09. The Morgan fingerprint density at radius 2 is 2.43 bits per heavy atom. The summed E-state index contributed by atoms with van der Waals surface area (Å²) in [6.07, 6.45) is 6.79. The van der Waals surface area contributed by atoms with Crippen LogP contribution in [0.5, 0.6) is 0 Å². The van der Waals surface area contributed by atoms with Crippen LogP contribution in [0.2, 0.25) is 0 Å². The lowest BCUT2D eigenvalue weighted by molar-refractivity contribution is 0.229. The van der Waals surface area contributed by atoms with Crippen LogP contribution in [0.25, 0.3) is 0 Å². The molecule has 0 aliphatic heterocycles. The van der Waals surface area contributed by atoms with E-state index in [9.17, 15) is 0 Å². The lowest BCUT2D eigenvalue weighted by atomic mass is 9.75. The van der Waals surface area contributed by atoms with E-state index in [-0.39, 0.29) is 0 Å². The molecular formula is C10H17N3S. The van der Waals surface area contributed by atoms with E-state index in [1.807, 2.05) is 0 Å². The largest absolute Gasteiger partial charge is 0.358 e. The summed E-state index contributed by atoms with van der Waals surface area (Å²) in [5, 5.41) is 4.43. The molecule has 14 heavy (non-hydrogen) atoms. The van der Waals surface area contributed by atoms with Gasteiger partial charge in [-0.2, -0.15) is 4.37 Å². The highest BCUT2D eigenvalue weighted by Gasteiger charge is 2.28. The number of anilines is 1. The third kappa shape index (κ3) is 2.44. The van der Waals surface area contributed by atoms with Crippen LogP contribution in [0.3, 0.4) is 0 Å². The molecule has 1 aliphatic rings. The molecule has 1 aromatic heterocycles. The molecule has 1 aromatic rings. The second-order valence-electron chi connectivity index (χ2n) is 4.85. The number of aromatic nitrogens is 2. The Morgan fingerprint density at radius 1 is 1.57 bits per heavy atom. The fourth-order valence-corrected chi connectivity index (χ4v) is 2.74. The Morgan fingerprint density at radius 3 is 3.07 bits per heavy atom. The third-order valence-corrected chi connectivity index (χ3v) is 3.49. The fraction of sp³-hybridized carbons (Fsp3) is 0.800. The topological polar surface area (TPSA) is 37.8 Å². The van der Waals surface area contributed by atoms with Crippen molar-refractivity contribution in [2.45, 2.75) is 45.6 Å². The molecule has 4 heteroatoms. The molecular weight excluding hydrogens is 194 g/mol. The van der Waals surface area contributed by atoms with Crippen molar-refractivity contribution in [3.8, 4) is 0 Å². The van der Waals surface area contributed by atoms with Gasteiger partial charge in [0, 0.05) is 17.6 Å². The van der Waals surface area contributed by atoms with E-state index in [0.717, 1.165) is 5.13 Å². The third-order valence-electron chi connectivity index (χ3n) is 2.89. The molecule has 1 fully saturated rings. The van der Waals surface area contributed by atoms with Gasteiger partial charge in [-0.3, -0.25) is 0 Å². The van der Waals surface area contributed by atoms with Gasteiger partial charge < -0.3 is 5.32 Å². The van der Waals surface area contributed by atoms with Crippen LogP contribution >= 0.6 is 11.5 Å². The molecule has 0 saturated heterocycles. The Labute approximate surface area is 89.1 Å². The van der Waals surface area contributed by atoms with E-state index in [1.54, 1.807) is 6.33 Å². The minimum absolute atomic E-state index is 0.487. The first kappa shape index (κ1) is 9.90. The minimum Gasteiger partial charge on any atom is -0.358 e. The Kier molecular flexibility index (Phi) is 2.72. The Hall–Kier alpha value is -0.640. The highest BCUT2D eigenvalue weighted by atomic mass is 32.1. The predicted octanol–water partition coefficient (Wildman–Crippen LogP) is 2.92. The van der Waals surface area contributed by atoms with Crippen LogP contribution in [0.4, 0.5) is 5.13 Å². The van der Waals surface area contributed by atoms with Crippen LogP contribution in [-0.4, -0.2) is 15.4 Å². The minimum atomic E-state index is 0.487. The maximum absolute atomic E-state index is 4.15. The van der Waals surface area contributed by atoms with E-state index < -0.39 is 0 Å². The van der Waals surface area contributed by atoms with Crippen molar-refractivity contribution in [2.75, 3.05) is 5.32 Å². The SMILES string of the molecule is CC1(C)CCCC(Nc2ncns2)C1. The van der Waals surface area contributed by atoms with Gasteiger partial charge >= 0.3 is 0 Å². The molecule has 1 unspecified atom stereocenters. The van der Waals surface area contributed by atoms with Gasteiger partial charge in [0.1, 0.15) is 6.33 Å². The molecule has 1 heterocycles. The summed E-state index contributed by atoms with van der Waals surface area (Å²) in [7, 11) is 0. The lowest BCUT2D eigenvalue weighted by Crippen LogP contribution is -2.31. The Balaban J connectivity index is 1.92. The second kappa shape index (κ2) is 3.85. The molecule has 0 spiro atoms.